The molecule has 1 aliphatic heterocycles. The summed E-state index contributed by atoms with van der Waals surface area (Å²) in [5.41, 5.74) is 0.905. The van der Waals surface area contributed by atoms with Crippen molar-refractivity contribution in [1.82, 2.24) is 9.80 Å². The van der Waals surface area contributed by atoms with E-state index in [0.29, 0.717) is 19.6 Å². The minimum Gasteiger partial charge on any atom is -0.406 e. The molecule has 1 amide bonds. The summed E-state index contributed by atoms with van der Waals surface area (Å²) in [4.78, 5) is 15.9. The molecule has 25 heavy (non-hydrogen) atoms. The van der Waals surface area contributed by atoms with Crippen molar-refractivity contribution in [3.63, 3.8) is 0 Å². The Bertz CT molecular complexity index is 616. The number of piperazine rings is 1. The van der Waals surface area contributed by atoms with E-state index in [1.807, 2.05) is 13.0 Å². The molecule has 1 heterocycles. The van der Waals surface area contributed by atoms with E-state index in [4.69, 9.17) is 0 Å². The molecule has 1 aliphatic rings. The maximum Gasteiger partial charge on any atom is 0.573 e. The van der Waals surface area contributed by atoms with E-state index in [9.17, 15) is 18.0 Å². The van der Waals surface area contributed by atoms with E-state index in [2.05, 4.69) is 9.64 Å². The van der Waals surface area contributed by atoms with Gasteiger partial charge >= 0.3 is 6.36 Å². The average Bonchev–Trinajstić information content (AvgIpc) is 2.56. The molecule has 2 rings (SSSR count). The summed E-state index contributed by atoms with van der Waals surface area (Å²) in [5, 5.41) is 0. The molecule has 1 saturated heterocycles. The van der Waals surface area contributed by atoms with E-state index in [1.54, 1.807) is 35.3 Å². The third-order valence-corrected chi connectivity index (χ3v) is 3.79. The summed E-state index contributed by atoms with van der Waals surface area (Å²) in [7, 11) is 0. The first-order valence-electron chi connectivity index (χ1n) is 8.03. The summed E-state index contributed by atoms with van der Waals surface area (Å²) in [5.74, 6) is -0.231. The largest absolute Gasteiger partial charge is 0.573 e. The van der Waals surface area contributed by atoms with Crippen LogP contribution in [-0.2, 0) is 11.3 Å². The SMILES string of the molecule is C/C=C/C=C/C(=O)N1CCN(Cc2ccc(OC(F)(F)F)cc2)CC1. The fourth-order valence-corrected chi connectivity index (χ4v) is 2.54. The van der Waals surface area contributed by atoms with Gasteiger partial charge < -0.3 is 9.64 Å². The van der Waals surface area contributed by atoms with Crippen LogP contribution in [0.5, 0.6) is 5.75 Å². The highest BCUT2D eigenvalue weighted by atomic mass is 19.4. The van der Waals surface area contributed by atoms with Gasteiger partial charge in [0.05, 0.1) is 0 Å². The number of hydrogen-bond donors (Lipinski definition) is 0. The van der Waals surface area contributed by atoms with Crippen LogP contribution in [0, 0.1) is 0 Å². The van der Waals surface area contributed by atoms with Crippen molar-refractivity contribution in [2.75, 3.05) is 26.2 Å². The van der Waals surface area contributed by atoms with E-state index in [0.717, 1.165) is 18.7 Å². The molecular formula is C18H21F3N2O2. The van der Waals surface area contributed by atoms with Crippen LogP contribution in [0.3, 0.4) is 0 Å². The number of alkyl halides is 3. The third-order valence-electron chi connectivity index (χ3n) is 3.79. The summed E-state index contributed by atoms with van der Waals surface area (Å²) in [6, 6.07) is 5.88. The van der Waals surface area contributed by atoms with Crippen molar-refractivity contribution in [2.45, 2.75) is 19.8 Å². The molecule has 1 fully saturated rings. The van der Waals surface area contributed by atoms with Crippen LogP contribution in [0.2, 0.25) is 0 Å². The number of carbonyl (C=O) groups excluding carboxylic acids is 1. The molecule has 7 heteroatoms. The van der Waals surface area contributed by atoms with Gasteiger partial charge in [-0.25, -0.2) is 0 Å². The Morgan fingerprint density at radius 2 is 1.76 bits per heavy atom. The van der Waals surface area contributed by atoms with E-state index < -0.39 is 6.36 Å². The van der Waals surface area contributed by atoms with Gasteiger partial charge in [0.15, 0.2) is 0 Å². The number of nitrogens with zero attached hydrogens (tertiary/aromatic N) is 2. The first-order chi connectivity index (χ1) is 11.9. The number of benzene rings is 1. The van der Waals surface area contributed by atoms with Crippen LogP contribution in [0.1, 0.15) is 12.5 Å². The zero-order chi connectivity index (χ0) is 18.3. The monoisotopic (exact) mass is 354 g/mol. The minimum atomic E-state index is -4.67. The van der Waals surface area contributed by atoms with Crippen molar-refractivity contribution in [3.8, 4) is 5.75 Å². The lowest BCUT2D eigenvalue weighted by atomic mass is 10.2. The molecule has 1 aromatic carbocycles. The van der Waals surface area contributed by atoms with Gasteiger partial charge in [0.1, 0.15) is 5.75 Å². The summed E-state index contributed by atoms with van der Waals surface area (Å²) < 4.78 is 40.3. The second-order valence-corrected chi connectivity index (χ2v) is 5.68. The van der Waals surface area contributed by atoms with E-state index in [1.165, 1.54) is 12.1 Å². The Morgan fingerprint density at radius 3 is 2.32 bits per heavy atom. The van der Waals surface area contributed by atoms with Crippen molar-refractivity contribution >= 4 is 5.91 Å². The maximum absolute atomic E-state index is 12.1. The van der Waals surface area contributed by atoms with Gasteiger partial charge in [-0.2, -0.15) is 0 Å². The Morgan fingerprint density at radius 1 is 1.12 bits per heavy atom. The normalized spacial score (nSPS) is 16.7. The number of amides is 1. The molecular weight excluding hydrogens is 333 g/mol. The average molecular weight is 354 g/mol. The van der Waals surface area contributed by atoms with Crippen LogP contribution in [0.4, 0.5) is 13.2 Å². The number of allylic oxidation sites excluding steroid dienone is 3. The third kappa shape index (κ3) is 6.62. The van der Waals surface area contributed by atoms with Gasteiger partial charge in [0.25, 0.3) is 0 Å². The topological polar surface area (TPSA) is 32.8 Å². The lowest BCUT2D eigenvalue weighted by Gasteiger charge is -2.34. The summed E-state index contributed by atoms with van der Waals surface area (Å²) in [6.45, 7) is 5.23. The smallest absolute Gasteiger partial charge is 0.406 e. The van der Waals surface area contributed by atoms with Gasteiger partial charge in [-0.05, 0) is 24.6 Å². The zero-order valence-electron chi connectivity index (χ0n) is 14.0. The number of carbonyl (C=O) groups is 1. The molecule has 136 valence electrons. The standard InChI is InChI=1S/C18H21F3N2O2/c1-2-3-4-5-17(24)23-12-10-22(11-13-23)14-15-6-8-16(9-7-15)25-18(19,20)21/h2-9H,10-14H2,1H3/b3-2+,5-4+. The Balaban J connectivity index is 1.81. The highest BCUT2D eigenvalue weighted by molar-refractivity contribution is 5.87. The van der Waals surface area contributed by atoms with Crippen LogP contribution in [-0.4, -0.2) is 48.2 Å². The molecule has 1 aromatic rings. The van der Waals surface area contributed by atoms with Crippen LogP contribution in [0.25, 0.3) is 0 Å². The quantitative estimate of drug-likeness (QED) is 0.600. The second kappa shape index (κ2) is 8.71. The van der Waals surface area contributed by atoms with Gasteiger partial charge in [-0.15, -0.1) is 13.2 Å². The molecule has 0 saturated carbocycles. The molecule has 0 radical (unpaired) electrons. The van der Waals surface area contributed by atoms with Crippen LogP contribution < -0.4 is 4.74 Å². The lowest BCUT2D eigenvalue weighted by molar-refractivity contribution is -0.274. The second-order valence-electron chi connectivity index (χ2n) is 5.68. The van der Waals surface area contributed by atoms with Gasteiger partial charge in [-0.3, -0.25) is 9.69 Å². The number of hydrogen-bond acceptors (Lipinski definition) is 3. The van der Waals surface area contributed by atoms with Crippen LogP contribution in [0.15, 0.2) is 48.6 Å². The molecule has 4 nitrogen and oxygen atoms in total. The predicted octanol–water partition coefficient (Wildman–Crippen LogP) is 3.36. The van der Waals surface area contributed by atoms with Crippen molar-refractivity contribution in [1.29, 1.82) is 0 Å². The summed E-state index contributed by atoms with van der Waals surface area (Å²) in [6.07, 6.45) is 2.26. The van der Waals surface area contributed by atoms with Crippen LogP contribution >= 0.6 is 0 Å². The van der Waals surface area contributed by atoms with Gasteiger partial charge in [0.2, 0.25) is 5.91 Å². The van der Waals surface area contributed by atoms with Crippen molar-refractivity contribution in [2.24, 2.45) is 0 Å². The molecule has 0 atom stereocenters. The van der Waals surface area contributed by atoms with Crippen molar-refractivity contribution in [3.05, 3.63) is 54.1 Å². The number of rotatable bonds is 5. The predicted molar refractivity (Wildman–Crippen MR) is 88.9 cm³/mol. The molecule has 0 spiro atoms. The highest BCUT2D eigenvalue weighted by Gasteiger charge is 2.31. The Hall–Kier alpha value is -2.28. The summed E-state index contributed by atoms with van der Waals surface area (Å²) >= 11 is 0. The lowest BCUT2D eigenvalue weighted by Crippen LogP contribution is -2.47. The van der Waals surface area contributed by atoms with E-state index >= 15 is 0 Å². The molecule has 0 N–H and O–H groups in total. The first kappa shape index (κ1) is 19.1. The minimum absolute atomic E-state index is 0.00796. The van der Waals surface area contributed by atoms with E-state index in [-0.39, 0.29) is 11.7 Å². The maximum atomic E-state index is 12.1. The van der Waals surface area contributed by atoms with Crippen molar-refractivity contribution < 1.29 is 22.7 Å². The Labute approximate surface area is 145 Å². The number of ether oxygens (including phenoxy) is 1. The molecule has 0 aromatic heterocycles. The highest BCUT2D eigenvalue weighted by Crippen LogP contribution is 2.23. The number of halogens is 3. The Kier molecular flexibility index (Phi) is 6.64. The molecule has 0 unspecified atom stereocenters. The fourth-order valence-electron chi connectivity index (χ4n) is 2.54. The molecule has 0 aliphatic carbocycles. The van der Waals surface area contributed by atoms with Gasteiger partial charge in [0, 0.05) is 38.8 Å². The fraction of sp³-hybridized carbons (Fsp3) is 0.389. The molecule has 0 bridgehead atoms. The first-order valence-corrected chi connectivity index (χ1v) is 8.03. The van der Waals surface area contributed by atoms with Gasteiger partial charge in [-0.1, -0.05) is 30.4 Å². The zero-order valence-corrected chi connectivity index (χ0v) is 14.0.